The van der Waals surface area contributed by atoms with Gasteiger partial charge in [-0.1, -0.05) is 32.6 Å². The molecule has 1 aromatic heterocycles. The van der Waals surface area contributed by atoms with Gasteiger partial charge in [-0.3, -0.25) is 9.59 Å². The maximum absolute atomic E-state index is 12.2. The van der Waals surface area contributed by atoms with Crippen molar-refractivity contribution in [3.63, 3.8) is 0 Å². The number of carbonyl (C=O) groups is 1. The summed E-state index contributed by atoms with van der Waals surface area (Å²) in [5.74, 6) is -0.593. The van der Waals surface area contributed by atoms with Crippen molar-refractivity contribution in [1.82, 2.24) is 10.3 Å². The molecule has 0 bridgehead atoms. The van der Waals surface area contributed by atoms with Gasteiger partial charge in [0.05, 0.1) is 0 Å². The lowest BCUT2D eigenvalue weighted by Crippen LogP contribution is -2.32. The number of fused-ring (bicyclic) bond motifs is 1. The smallest absolute Gasteiger partial charge is 0.264 e. The van der Waals surface area contributed by atoms with Crippen molar-refractivity contribution in [3.8, 4) is 5.75 Å². The van der Waals surface area contributed by atoms with Gasteiger partial charge in [-0.2, -0.15) is 0 Å². The van der Waals surface area contributed by atoms with Gasteiger partial charge in [0.15, 0.2) is 0 Å². The van der Waals surface area contributed by atoms with Crippen LogP contribution in [0.4, 0.5) is 0 Å². The molecule has 0 spiro atoms. The Kier molecular flexibility index (Phi) is 6.04. The standard InChI is InChI=1S/C17H26N2O3/c1-2-3-4-5-8-11-18-16(21)14-15(20)12-9-6-7-10-13(12)19-17(14)22/h2-11H2,1H3,(H,18,21)(H2,19,20,22). The first kappa shape index (κ1) is 16.6. The Bertz CT molecular complexity index is 578. The van der Waals surface area contributed by atoms with Crippen LogP contribution in [0.2, 0.25) is 0 Å². The van der Waals surface area contributed by atoms with Crippen LogP contribution < -0.4 is 10.9 Å². The number of nitrogens with one attached hydrogen (secondary N) is 2. The van der Waals surface area contributed by atoms with Crippen molar-refractivity contribution in [2.75, 3.05) is 6.54 Å². The predicted molar refractivity (Wildman–Crippen MR) is 86.5 cm³/mol. The lowest BCUT2D eigenvalue weighted by molar-refractivity contribution is 0.0948. The quantitative estimate of drug-likeness (QED) is 0.677. The van der Waals surface area contributed by atoms with Crippen LogP contribution in [0.3, 0.4) is 0 Å². The molecule has 22 heavy (non-hydrogen) atoms. The van der Waals surface area contributed by atoms with E-state index < -0.39 is 11.5 Å². The highest BCUT2D eigenvalue weighted by molar-refractivity contribution is 5.96. The van der Waals surface area contributed by atoms with Crippen molar-refractivity contribution in [3.05, 3.63) is 27.2 Å². The summed E-state index contributed by atoms with van der Waals surface area (Å²) in [7, 11) is 0. The molecule has 1 aliphatic rings. The van der Waals surface area contributed by atoms with Gasteiger partial charge < -0.3 is 15.4 Å². The molecule has 0 aromatic carbocycles. The summed E-state index contributed by atoms with van der Waals surface area (Å²) in [6, 6.07) is 0. The van der Waals surface area contributed by atoms with Gasteiger partial charge in [-0.25, -0.2) is 0 Å². The monoisotopic (exact) mass is 306 g/mol. The Balaban J connectivity index is 1.99. The Labute approximate surface area is 131 Å². The minimum atomic E-state index is -0.485. The molecule has 1 amide bonds. The summed E-state index contributed by atoms with van der Waals surface area (Å²) in [6.07, 6.45) is 8.99. The lowest BCUT2D eigenvalue weighted by atomic mass is 9.93. The van der Waals surface area contributed by atoms with Crippen LogP contribution in [-0.2, 0) is 12.8 Å². The fourth-order valence-electron chi connectivity index (χ4n) is 2.99. The molecule has 1 heterocycles. The summed E-state index contributed by atoms with van der Waals surface area (Å²) < 4.78 is 0. The third kappa shape index (κ3) is 3.90. The fourth-order valence-corrected chi connectivity index (χ4v) is 2.99. The summed E-state index contributed by atoms with van der Waals surface area (Å²) in [4.78, 5) is 27.0. The molecule has 1 aliphatic carbocycles. The molecule has 0 unspecified atom stereocenters. The molecule has 122 valence electrons. The molecule has 0 radical (unpaired) electrons. The summed E-state index contributed by atoms with van der Waals surface area (Å²) in [6.45, 7) is 2.70. The first-order valence-electron chi connectivity index (χ1n) is 8.40. The van der Waals surface area contributed by atoms with Crippen LogP contribution in [0.1, 0.15) is 73.5 Å². The van der Waals surface area contributed by atoms with Crippen molar-refractivity contribution in [1.29, 1.82) is 0 Å². The molecule has 0 saturated carbocycles. The van der Waals surface area contributed by atoms with Gasteiger partial charge in [0.1, 0.15) is 11.3 Å². The first-order chi connectivity index (χ1) is 10.6. The summed E-state index contributed by atoms with van der Waals surface area (Å²) >= 11 is 0. The van der Waals surface area contributed by atoms with E-state index in [9.17, 15) is 14.7 Å². The van der Waals surface area contributed by atoms with Crippen LogP contribution in [0.5, 0.6) is 5.75 Å². The third-order valence-corrected chi connectivity index (χ3v) is 4.27. The van der Waals surface area contributed by atoms with Crippen LogP contribution in [-0.4, -0.2) is 22.5 Å². The highest BCUT2D eigenvalue weighted by Crippen LogP contribution is 2.28. The molecule has 3 N–H and O–H groups in total. The number of unbranched alkanes of at least 4 members (excludes halogenated alkanes) is 4. The van der Waals surface area contributed by atoms with Crippen molar-refractivity contribution < 1.29 is 9.90 Å². The number of carbonyl (C=O) groups excluding carboxylic acids is 1. The van der Waals surface area contributed by atoms with Crippen LogP contribution in [0.15, 0.2) is 4.79 Å². The van der Waals surface area contributed by atoms with E-state index in [-0.39, 0.29) is 11.3 Å². The Morgan fingerprint density at radius 3 is 2.68 bits per heavy atom. The summed E-state index contributed by atoms with van der Waals surface area (Å²) in [5.41, 5.74) is 0.902. The first-order valence-corrected chi connectivity index (χ1v) is 8.40. The predicted octanol–water partition coefficient (Wildman–Crippen LogP) is 2.66. The van der Waals surface area contributed by atoms with Crippen LogP contribution in [0, 0.1) is 0 Å². The lowest BCUT2D eigenvalue weighted by Gasteiger charge is -2.18. The Hall–Kier alpha value is -1.78. The number of hydrogen-bond donors (Lipinski definition) is 3. The van der Waals surface area contributed by atoms with Crippen LogP contribution >= 0.6 is 0 Å². The van der Waals surface area contributed by atoms with E-state index >= 15 is 0 Å². The topological polar surface area (TPSA) is 82.2 Å². The maximum atomic E-state index is 12.2. The molecule has 5 nitrogen and oxygen atoms in total. The van der Waals surface area contributed by atoms with Crippen molar-refractivity contribution in [2.24, 2.45) is 0 Å². The number of H-pyrrole nitrogens is 1. The van der Waals surface area contributed by atoms with Crippen LogP contribution in [0.25, 0.3) is 0 Å². The van der Waals surface area contributed by atoms with E-state index in [0.717, 1.165) is 56.2 Å². The number of amides is 1. The van der Waals surface area contributed by atoms with E-state index in [4.69, 9.17) is 0 Å². The van der Waals surface area contributed by atoms with Gasteiger partial charge in [-0.15, -0.1) is 0 Å². The SMILES string of the molecule is CCCCCCCNC(=O)c1c(O)c2c([nH]c1=O)CCCC2. The third-order valence-electron chi connectivity index (χ3n) is 4.27. The van der Waals surface area contributed by atoms with Gasteiger partial charge in [0.25, 0.3) is 11.5 Å². The average Bonchev–Trinajstić information content (AvgIpc) is 2.51. The number of aromatic hydroxyl groups is 1. The second kappa shape index (κ2) is 8.01. The number of aryl methyl sites for hydroxylation is 1. The minimum absolute atomic E-state index is 0.123. The number of pyridine rings is 1. The van der Waals surface area contributed by atoms with Crippen molar-refractivity contribution in [2.45, 2.75) is 64.7 Å². The van der Waals surface area contributed by atoms with E-state index in [1.165, 1.54) is 12.8 Å². The zero-order chi connectivity index (χ0) is 15.9. The van der Waals surface area contributed by atoms with E-state index in [1.807, 2.05) is 0 Å². The largest absolute Gasteiger partial charge is 0.507 e. The molecule has 0 fully saturated rings. The second-order valence-electron chi connectivity index (χ2n) is 6.01. The molecular formula is C17H26N2O3. The minimum Gasteiger partial charge on any atom is -0.507 e. The zero-order valence-corrected chi connectivity index (χ0v) is 13.3. The molecule has 5 heteroatoms. The molecular weight excluding hydrogens is 280 g/mol. The molecule has 0 aliphatic heterocycles. The number of aromatic amines is 1. The Morgan fingerprint density at radius 1 is 1.18 bits per heavy atom. The fraction of sp³-hybridized carbons (Fsp3) is 0.647. The maximum Gasteiger partial charge on any atom is 0.264 e. The van der Waals surface area contributed by atoms with Gasteiger partial charge in [-0.05, 0) is 32.1 Å². The number of rotatable bonds is 7. The summed E-state index contributed by atoms with van der Waals surface area (Å²) in [5, 5.41) is 13.0. The van der Waals surface area contributed by atoms with Gasteiger partial charge in [0, 0.05) is 17.8 Å². The molecule has 1 aromatic rings. The molecule has 2 rings (SSSR count). The number of aromatic nitrogens is 1. The van der Waals surface area contributed by atoms with E-state index in [0.29, 0.717) is 6.54 Å². The Morgan fingerprint density at radius 2 is 1.91 bits per heavy atom. The van der Waals surface area contributed by atoms with Crippen molar-refractivity contribution >= 4 is 5.91 Å². The number of hydrogen-bond acceptors (Lipinski definition) is 3. The van der Waals surface area contributed by atoms with Gasteiger partial charge in [0.2, 0.25) is 0 Å². The van der Waals surface area contributed by atoms with E-state index in [1.54, 1.807) is 0 Å². The highest BCUT2D eigenvalue weighted by atomic mass is 16.3. The van der Waals surface area contributed by atoms with E-state index in [2.05, 4.69) is 17.2 Å². The molecule has 0 saturated heterocycles. The average molecular weight is 306 g/mol. The second-order valence-corrected chi connectivity index (χ2v) is 6.01. The van der Waals surface area contributed by atoms with Gasteiger partial charge >= 0.3 is 0 Å². The molecule has 0 atom stereocenters. The zero-order valence-electron chi connectivity index (χ0n) is 13.3. The normalized spacial score (nSPS) is 13.7. The highest BCUT2D eigenvalue weighted by Gasteiger charge is 2.23.